The zero-order valence-electron chi connectivity index (χ0n) is 12.6. The van der Waals surface area contributed by atoms with E-state index in [0.717, 1.165) is 18.4 Å². The van der Waals surface area contributed by atoms with Crippen LogP contribution in [0.4, 0.5) is 0 Å². The third-order valence-corrected chi connectivity index (χ3v) is 6.50. The fourth-order valence-corrected chi connectivity index (χ4v) is 4.67. The molecule has 0 spiro atoms. The fourth-order valence-electron chi connectivity index (χ4n) is 3.05. The van der Waals surface area contributed by atoms with Gasteiger partial charge in [0, 0.05) is 25.2 Å². The van der Waals surface area contributed by atoms with Gasteiger partial charge in [0.05, 0.1) is 4.90 Å². The van der Waals surface area contributed by atoms with Gasteiger partial charge in [0.15, 0.2) is 0 Å². The predicted octanol–water partition coefficient (Wildman–Crippen LogP) is 0.332. The number of carbonyl (C=O) groups is 1. The van der Waals surface area contributed by atoms with E-state index in [-0.39, 0.29) is 16.2 Å². The second kappa shape index (κ2) is 5.33. The van der Waals surface area contributed by atoms with E-state index in [1.165, 1.54) is 10.4 Å². The molecule has 3 rings (SSSR count). The summed E-state index contributed by atoms with van der Waals surface area (Å²) in [5, 5.41) is 2.74. The lowest BCUT2D eigenvalue weighted by Crippen LogP contribution is -2.35. The van der Waals surface area contributed by atoms with Gasteiger partial charge in [0.25, 0.3) is 5.91 Å². The second-order valence-corrected chi connectivity index (χ2v) is 8.37. The van der Waals surface area contributed by atoms with Gasteiger partial charge in [-0.2, -0.15) is 4.31 Å². The summed E-state index contributed by atoms with van der Waals surface area (Å²) in [5.74, 6) is -0.202. The summed E-state index contributed by atoms with van der Waals surface area (Å²) in [4.78, 5) is 12.1. The monoisotopic (exact) mass is 323 g/mol. The molecule has 0 bridgehead atoms. The van der Waals surface area contributed by atoms with Crippen LogP contribution in [-0.4, -0.2) is 44.8 Å². The lowest BCUT2D eigenvalue weighted by Gasteiger charge is -2.23. The largest absolute Gasteiger partial charge is 0.352 e. The fraction of sp³-hybridized carbons (Fsp3) is 0.533. The zero-order chi connectivity index (χ0) is 16.0. The quantitative estimate of drug-likeness (QED) is 0.838. The molecule has 1 saturated heterocycles. The van der Waals surface area contributed by atoms with Gasteiger partial charge in [-0.25, -0.2) is 8.42 Å². The Kier molecular flexibility index (Phi) is 3.74. The first kappa shape index (κ1) is 15.5. The van der Waals surface area contributed by atoms with Crippen LogP contribution in [0, 0.1) is 5.41 Å². The highest BCUT2D eigenvalue weighted by Crippen LogP contribution is 2.33. The molecule has 7 heteroatoms. The molecule has 1 atom stereocenters. The van der Waals surface area contributed by atoms with Gasteiger partial charge in [-0.05, 0) is 42.5 Å². The molecule has 1 unspecified atom stereocenters. The van der Waals surface area contributed by atoms with Crippen LogP contribution in [0.5, 0.6) is 0 Å². The number of sulfonamides is 1. The molecule has 0 aromatic heterocycles. The molecule has 1 fully saturated rings. The van der Waals surface area contributed by atoms with Crippen molar-refractivity contribution in [2.24, 2.45) is 11.1 Å². The average molecular weight is 323 g/mol. The first-order valence-electron chi connectivity index (χ1n) is 7.47. The van der Waals surface area contributed by atoms with Crippen molar-refractivity contribution in [2.75, 3.05) is 26.2 Å². The average Bonchev–Trinajstić information content (AvgIpc) is 2.91. The smallest absolute Gasteiger partial charge is 0.251 e. The summed E-state index contributed by atoms with van der Waals surface area (Å²) in [6, 6.07) is 4.85. The number of fused-ring (bicyclic) bond motifs is 1. The van der Waals surface area contributed by atoms with Crippen LogP contribution in [0.25, 0.3) is 0 Å². The highest BCUT2D eigenvalue weighted by Gasteiger charge is 2.39. The Morgan fingerprint density at radius 2 is 2.18 bits per heavy atom. The van der Waals surface area contributed by atoms with Crippen LogP contribution in [-0.2, 0) is 16.4 Å². The predicted molar refractivity (Wildman–Crippen MR) is 83.0 cm³/mol. The molecule has 1 amide bonds. The molecule has 2 aliphatic rings. The summed E-state index contributed by atoms with van der Waals surface area (Å²) in [7, 11) is -3.58. The molecular formula is C15H21N3O3S. The number of carbonyl (C=O) groups excluding carboxylic acids is 1. The molecule has 6 nitrogen and oxygen atoms in total. The maximum Gasteiger partial charge on any atom is 0.251 e. The van der Waals surface area contributed by atoms with E-state index in [2.05, 4.69) is 5.32 Å². The lowest BCUT2D eigenvalue weighted by molar-refractivity contribution is 0.0945. The highest BCUT2D eigenvalue weighted by atomic mass is 32.2. The van der Waals surface area contributed by atoms with Crippen molar-refractivity contribution in [3.8, 4) is 0 Å². The minimum atomic E-state index is -3.58. The Morgan fingerprint density at radius 1 is 1.41 bits per heavy atom. The standard InChI is InChI=1S/C15H21N3O3S/c1-15(9-16)5-7-18(10-15)22(20,21)12-3-2-11-4-6-17-14(19)13(11)8-12/h2-3,8H,4-7,9-10,16H2,1H3,(H,17,19). The van der Waals surface area contributed by atoms with Crippen LogP contribution in [0.15, 0.2) is 23.1 Å². The number of hydrogen-bond donors (Lipinski definition) is 2. The van der Waals surface area contributed by atoms with Crippen LogP contribution in [0.2, 0.25) is 0 Å². The molecule has 2 heterocycles. The van der Waals surface area contributed by atoms with Gasteiger partial charge in [-0.3, -0.25) is 4.79 Å². The molecular weight excluding hydrogens is 302 g/mol. The maximum absolute atomic E-state index is 12.8. The van der Waals surface area contributed by atoms with Crippen LogP contribution < -0.4 is 11.1 Å². The van der Waals surface area contributed by atoms with E-state index < -0.39 is 10.0 Å². The molecule has 3 N–H and O–H groups in total. The summed E-state index contributed by atoms with van der Waals surface area (Å²) in [6.07, 6.45) is 1.49. The van der Waals surface area contributed by atoms with Crippen molar-refractivity contribution in [3.05, 3.63) is 29.3 Å². The number of nitrogens with two attached hydrogens (primary N) is 1. The Hall–Kier alpha value is -1.44. The number of nitrogens with zero attached hydrogens (tertiary/aromatic N) is 1. The van der Waals surface area contributed by atoms with Crippen molar-refractivity contribution >= 4 is 15.9 Å². The third kappa shape index (κ3) is 2.53. The molecule has 2 aliphatic heterocycles. The van der Waals surface area contributed by atoms with Crippen molar-refractivity contribution < 1.29 is 13.2 Å². The Bertz CT molecular complexity index is 717. The van der Waals surface area contributed by atoms with E-state index in [0.29, 0.717) is 31.7 Å². The van der Waals surface area contributed by atoms with Gasteiger partial charge in [-0.15, -0.1) is 0 Å². The molecule has 0 saturated carbocycles. The number of amides is 1. The van der Waals surface area contributed by atoms with E-state index >= 15 is 0 Å². The van der Waals surface area contributed by atoms with Crippen molar-refractivity contribution in [2.45, 2.75) is 24.7 Å². The summed E-state index contributed by atoms with van der Waals surface area (Å²) in [6.45, 7) is 3.96. The topological polar surface area (TPSA) is 92.5 Å². The summed E-state index contributed by atoms with van der Waals surface area (Å²) < 4.78 is 27.0. The second-order valence-electron chi connectivity index (χ2n) is 6.43. The first-order chi connectivity index (χ1) is 10.4. The summed E-state index contributed by atoms with van der Waals surface area (Å²) >= 11 is 0. The lowest BCUT2D eigenvalue weighted by atomic mass is 9.90. The van der Waals surface area contributed by atoms with Crippen molar-refractivity contribution in [1.82, 2.24) is 9.62 Å². The van der Waals surface area contributed by atoms with Gasteiger partial charge in [-0.1, -0.05) is 13.0 Å². The van der Waals surface area contributed by atoms with Crippen LogP contribution in [0.1, 0.15) is 29.3 Å². The number of nitrogens with one attached hydrogen (secondary N) is 1. The Balaban J connectivity index is 1.94. The zero-order valence-corrected chi connectivity index (χ0v) is 13.4. The van der Waals surface area contributed by atoms with E-state index in [1.54, 1.807) is 12.1 Å². The summed E-state index contributed by atoms with van der Waals surface area (Å²) in [5.41, 5.74) is 6.94. The third-order valence-electron chi connectivity index (χ3n) is 4.66. The highest BCUT2D eigenvalue weighted by molar-refractivity contribution is 7.89. The van der Waals surface area contributed by atoms with Crippen molar-refractivity contribution in [1.29, 1.82) is 0 Å². The number of benzene rings is 1. The molecule has 1 aromatic carbocycles. The molecule has 22 heavy (non-hydrogen) atoms. The van der Waals surface area contributed by atoms with E-state index in [9.17, 15) is 13.2 Å². The Morgan fingerprint density at radius 3 is 2.86 bits per heavy atom. The van der Waals surface area contributed by atoms with Gasteiger partial charge in [0.2, 0.25) is 10.0 Å². The minimum Gasteiger partial charge on any atom is -0.352 e. The minimum absolute atomic E-state index is 0.168. The van der Waals surface area contributed by atoms with Crippen molar-refractivity contribution in [3.63, 3.8) is 0 Å². The first-order valence-corrected chi connectivity index (χ1v) is 8.91. The van der Waals surface area contributed by atoms with Gasteiger partial charge < -0.3 is 11.1 Å². The normalized spacial score (nSPS) is 25.8. The number of rotatable bonds is 3. The Labute approximate surface area is 130 Å². The van der Waals surface area contributed by atoms with Crippen LogP contribution >= 0.6 is 0 Å². The van der Waals surface area contributed by atoms with E-state index in [1.807, 2.05) is 6.92 Å². The van der Waals surface area contributed by atoms with Gasteiger partial charge in [0.1, 0.15) is 0 Å². The van der Waals surface area contributed by atoms with Gasteiger partial charge >= 0.3 is 0 Å². The maximum atomic E-state index is 12.8. The SMILES string of the molecule is CC1(CN)CCN(S(=O)(=O)c2ccc3c(c2)C(=O)NCC3)C1. The van der Waals surface area contributed by atoms with Crippen LogP contribution in [0.3, 0.4) is 0 Å². The number of hydrogen-bond acceptors (Lipinski definition) is 4. The molecule has 0 radical (unpaired) electrons. The molecule has 120 valence electrons. The molecule has 1 aromatic rings. The molecule has 0 aliphatic carbocycles. The van der Waals surface area contributed by atoms with E-state index in [4.69, 9.17) is 5.73 Å².